The smallest absolute Gasteiger partial charge is 0.252 e. The third-order valence-corrected chi connectivity index (χ3v) is 3.49. The first-order chi connectivity index (χ1) is 8.66. The number of rotatable bonds is 3. The summed E-state index contributed by atoms with van der Waals surface area (Å²) < 4.78 is 6.17. The van der Waals surface area contributed by atoms with Crippen LogP contribution >= 0.6 is 27.5 Å². The molecule has 0 aromatic heterocycles. The third-order valence-electron chi connectivity index (χ3n) is 2.68. The first kappa shape index (κ1) is 13.8. The third kappa shape index (κ3) is 3.68. The minimum absolute atomic E-state index is 0.164. The number of nitrogens with one attached hydrogen (secondary N) is 2. The quantitative estimate of drug-likeness (QED) is 0.887. The molecule has 2 rings (SSSR count). The number of benzene rings is 1. The molecule has 0 bridgehead atoms. The highest BCUT2D eigenvalue weighted by Gasteiger charge is 2.15. The van der Waals surface area contributed by atoms with E-state index in [-0.39, 0.29) is 11.9 Å². The zero-order valence-corrected chi connectivity index (χ0v) is 12.1. The van der Waals surface area contributed by atoms with Gasteiger partial charge in [0.25, 0.3) is 5.91 Å². The summed E-state index contributed by atoms with van der Waals surface area (Å²) in [5.74, 6) is -0.167. The van der Waals surface area contributed by atoms with Crippen molar-refractivity contribution in [3.8, 4) is 0 Å². The van der Waals surface area contributed by atoms with Crippen molar-refractivity contribution in [2.75, 3.05) is 26.3 Å². The van der Waals surface area contributed by atoms with Crippen LogP contribution in [-0.2, 0) is 4.74 Å². The van der Waals surface area contributed by atoms with Crippen molar-refractivity contribution in [1.82, 2.24) is 10.6 Å². The van der Waals surface area contributed by atoms with E-state index in [2.05, 4.69) is 26.6 Å². The average Bonchev–Trinajstić information content (AvgIpc) is 2.37. The molecule has 0 spiro atoms. The Morgan fingerprint density at radius 3 is 3.11 bits per heavy atom. The molecule has 98 valence electrons. The van der Waals surface area contributed by atoms with Gasteiger partial charge in [0, 0.05) is 23.6 Å². The minimum Gasteiger partial charge on any atom is -0.378 e. The molecule has 1 unspecified atom stereocenters. The second kappa shape index (κ2) is 6.52. The standard InChI is InChI=1S/C12H14BrClN2O2/c13-8-1-2-10(11(14)5-8)12(17)16-6-9-7-18-4-3-15-9/h1-2,5,9,15H,3-4,6-7H2,(H,16,17). The van der Waals surface area contributed by atoms with Crippen molar-refractivity contribution in [2.45, 2.75) is 6.04 Å². The van der Waals surface area contributed by atoms with Gasteiger partial charge in [-0.1, -0.05) is 27.5 Å². The van der Waals surface area contributed by atoms with Gasteiger partial charge in [0.05, 0.1) is 23.8 Å². The first-order valence-electron chi connectivity index (χ1n) is 5.71. The van der Waals surface area contributed by atoms with Crippen molar-refractivity contribution in [3.63, 3.8) is 0 Å². The molecule has 1 atom stereocenters. The van der Waals surface area contributed by atoms with E-state index in [1.165, 1.54) is 0 Å². The van der Waals surface area contributed by atoms with E-state index in [1.807, 2.05) is 0 Å². The maximum atomic E-state index is 11.9. The predicted octanol–water partition coefficient (Wildman–Crippen LogP) is 1.82. The SMILES string of the molecule is O=C(NCC1COCCN1)c1ccc(Br)cc1Cl. The molecular formula is C12H14BrClN2O2. The average molecular weight is 334 g/mol. The fourth-order valence-corrected chi connectivity index (χ4v) is 2.49. The van der Waals surface area contributed by atoms with Crippen LogP contribution in [0.1, 0.15) is 10.4 Å². The van der Waals surface area contributed by atoms with Crippen LogP contribution in [0.25, 0.3) is 0 Å². The molecule has 0 aliphatic carbocycles. The summed E-state index contributed by atoms with van der Waals surface area (Å²) in [6.07, 6.45) is 0. The van der Waals surface area contributed by atoms with Gasteiger partial charge in [-0.2, -0.15) is 0 Å². The van der Waals surface area contributed by atoms with Crippen molar-refractivity contribution in [2.24, 2.45) is 0 Å². The van der Waals surface area contributed by atoms with E-state index in [4.69, 9.17) is 16.3 Å². The summed E-state index contributed by atoms with van der Waals surface area (Å²) in [6.45, 7) is 2.70. The maximum absolute atomic E-state index is 11.9. The van der Waals surface area contributed by atoms with Gasteiger partial charge in [0.15, 0.2) is 0 Å². The largest absolute Gasteiger partial charge is 0.378 e. The number of amides is 1. The van der Waals surface area contributed by atoms with Crippen LogP contribution in [-0.4, -0.2) is 38.3 Å². The first-order valence-corrected chi connectivity index (χ1v) is 6.88. The molecular weight excluding hydrogens is 320 g/mol. The summed E-state index contributed by atoms with van der Waals surface area (Å²) in [5, 5.41) is 6.56. The number of ether oxygens (including phenoxy) is 1. The van der Waals surface area contributed by atoms with Crippen molar-refractivity contribution in [1.29, 1.82) is 0 Å². The van der Waals surface area contributed by atoms with Gasteiger partial charge in [-0.3, -0.25) is 4.79 Å². The zero-order chi connectivity index (χ0) is 13.0. The molecule has 1 amide bonds. The Kier molecular flexibility index (Phi) is 5.00. The van der Waals surface area contributed by atoms with E-state index in [0.717, 1.165) is 17.6 Å². The normalized spacial score (nSPS) is 19.6. The van der Waals surface area contributed by atoms with E-state index in [9.17, 15) is 4.79 Å². The monoisotopic (exact) mass is 332 g/mol. The van der Waals surface area contributed by atoms with Gasteiger partial charge in [0.2, 0.25) is 0 Å². The van der Waals surface area contributed by atoms with Crippen molar-refractivity contribution < 1.29 is 9.53 Å². The molecule has 1 aliphatic rings. The maximum Gasteiger partial charge on any atom is 0.252 e. The fourth-order valence-electron chi connectivity index (χ4n) is 1.74. The number of morpholine rings is 1. The Labute approximate surface area is 119 Å². The van der Waals surface area contributed by atoms with Gasteiger partial charge in [-0.05, 0) is 18.2 Å². The molecule has 1 aromatic rings. The second-order valence-corrected chi connectivity index (χ2v) is 5.38. The van der Waals surface area contributed by atoms with E-state index in [1.54, 1.807) is 18.2 Å². The lowest BCUT2D eigenvalue weighted by molar-refractivity contribution is 0.0735. The van der Waals surface area contributed by atoms with Crippen LogP contribution in [0.15, 0.2) is 22.7 Å². The molecule has 4 nitrogen and oxygen atoms in total. The molecule has 1 fully saturated rings. The van der Waals surface area contributed by atoms with Crippen LogP contribution in [0.5, 0.6) is 0 Å². The number of halogens is 2. The fraction of sp³-hybridized carbons (Fsp3) is 0.417. The molecule has 6 heteroatoms. The molecule has 0 saturated carbocycles. The Morgan fingerprint density at radius 2 is 2.44 bits per heavy atom. The van der Waals surface area contributed by atoms with E-state index in [0.29, 0.717) is 23.7 Å². The lowest BCUT2D eigenvalue weighted by atomic mass is 10.2. The Balaban J connectivity index is 1.90. The van der Waals surface area contributed by atoms with Crippen LogP contribution < -0.4 is 10.6 Å². The molecule has 18 heavy (non-hydrogen) atoms. The molecule has 1 aromatic carbocycles. The minimum atomic E-state index is -0.167. The lowest BCUT2D eigenvalue weighted by Crippen LogP contribution is -2.48. The van der Waals surface area contributed by atoms with Crippen LogP contribution in [0.2, 0.25) is 5.02 Å². The Bertz CT molecular complexity index is 436. The molecule has 0 radical (unpaired) electrons. The lowest BCUT2D eigenvalue weighted by Gasteiger charge is -2.24. The van der Waals surface area contributed by atoms with Crippen LogP contribution in [0, 0.1) is 0 Å². The summed E-state index contributed by atoms with van der Waals surface area (Å²) in [7, 11) is 0. The van der Waals surface area contributed by atoms with Crippen LogP contribution in [0.4, 0.5) is 0 Å². The molecule has 1 saturated heterocycles. The summed E-state index contributed by atoms with van der Waals surface area (Å²) in [4.78, 5) is 11.9. The number of hydrogen-bond acceptors (Lipinski definition) is 3. The topological polar surface area (TPSA) is 50.4 Å². The van der Waals surface area contributed by atoms with Gasteiger partial charge in [-0.25, -0.2) is 0 Å². The van der Waals surface area contributed by atoms with Gasteiger partial charge in [0.1, 0.15) is 0 Å². The Morgan fingerprint density at radius 1 is 1.61 bits per heavy atom. The van der Waals surface area contributed by atoms with Crippen molar-refractivity contribution >= 4 is 33.4 Å². The van der Waals surface area contributed by atoms with Gasteiger partial charge >= 0.3 is 0 Å². The number of hydrogen-bond donors (Lipinski definition) is 2. The molecule has 2 N–H and O–H groups in total. The number of carbonyl (C=O) groups excluding carboxylic acids is 1. The molecule has 1 aliphatic heterocycles. The van der Waals surface area contributed by atoms with E-state index < -0.39 is 0 Å². The highest BCUT2D eigenvalue weighted by molar-refractivity contribution is 9.10. The zero-order valence-electron chi connectivity index (χ0n) is 9.71. The van der Waals surface area contributed by atoms with Crippen LogP contribution in [0.3, 0.4) is 0 Å². The van der Waals surface area contributed by atoms with Crippen molar-refractivity contribution in [3.05, 3.63) is 33.3 Å². The predicted molar refractivity (Wildman–Crippen MR) is 74.1 cm³/mol. The number of carbonyl (C=O) groups is 1. The summed E-state index contributed by atoms with van der Waals surface area (Å²) >= 11 is 9.32. The highest BCUT2D eigenvalue weighted by atomic mass is 79.9. The van der Waals surface area contributed by atoms with Gasteiger partial charge in [-0.15, -0.1) is 0 Å². The highest BCUT2D eigenvalue weighted by Crippen LogP contribution is 2.21. The Hall–Kier alpha value is -0.620. The summed E-state index contributed by atoms with van der Waals surface area (Å²) in [5.41, 5.74) is 0.483. The summed E-state index contributed by atoms with van der Waals surface area (Å²) in [6, 6.07) is 5.37. The van der Waals surface area contributed by atoms with Gasteiger partial charge < -0.3 is 15.4 Å². The second-order valence-electron chi connectivity index (χ2n) is 4.06. The van der Waals surface area contributed by atoms with E-state index >= 15 is 0 Å². The molecule has 1 heterocycles.